The molecule has 3 aliphatic rings. The van der Waals surface area contributed by atoms with E-state index in [1.807, 2.05) is 0 Å². The molecule has 5 atom stereocenters. The molecule has 1 aliphatic heterocycles. The first-order valence-electron chi connectivity index (χ1n) is 8.87. The van der Waals surface area contributed by atoms with Crippen LogP contribution in [0.4, 0.5) is 0 Å². The molecule has 2 saturated carbocycles. The smallest absolute Gasteiger partial charge is 0.161 e. The van der Waals surface area contributed by atoms with E-state index in [2.05, 4.69) is 20.4 Å². The molecule has 0 bridgehead atoms. The number of aliphatic hydroxyl groups is 1. The van der Waals surface area contributed by atoms with Crippen molar-refractivity contribution in [2.75, 3.05) is 0 Å². The standard InChI is InChI=1S/C20H30O3/c1-13-6-7-17-20(5,23-17)11-8-15-14(13)12-19(15,4)16(21)9-10-18(2,3)22/h9-10,14-15,17,22H,1,6-8,11-12H2,2-5H3/b10-9+/t14-,15?,17?,19-,20-/m0/s1. The summed E-state index contributed by atoms with van der Waals surface area (Å²) in [5.41, 5.74) is 0.0594. The van der Waals surface area contributed by atoms with Crippen LogP contribution in [0.5, 0.6) is 0 Å². The van der Waals surface area contributed by atoms with Crippen molar-refractivity contribution in [1.29, 1.82) is 0 Å². The normalized spacial score (nSPS) is 43.7. The van der Waals surface area contributed by atoms with Crippen molar-refractivity contribution in [3.05, 3.63) is 24.3 Å². The summed E-state index contributed by atoms with van der Waals surface area (Å²) in [4.78, 5) is 12.8. The molecule has 0 radical (unpaired) electrons. The minimum Gasteiger partial charge on any atom is -0.386 e. The Labute approximate surface area is 139 Å². The van der Waals surface area contributed by atoms with Crippen molar-refractivity contribution in [2.24, 2.45) is 17.3 Å². The van der Waals surface area contributed by atoms with Crippen molar-refractivity contribution >= 4 is 5.78 Å². The fraction of sp³-hybridized carbons (Fsp3) is 0.750. The van der Waals surface area contributed by atoms with Crippen LogP contribution in [-0.2, 0) is 9.53 Å². The Hall–Kier alpha value is -0.930. The van der Waals surface area contributed by atoms with E-state index in [9.17, 15) is 9.90 Å². The maximum atomic E-state index is 12.8. The number of allylic oxidation sites excluding steroid dienone is 2. The van der Waals surface area contributed by atoms with Gasteiger partial charge in [-0.3, -0.25) is 4.79 Å². The van der Waals surface area contributed by atoms with Crippen LogP contribution in [0, 0.1) is 17.3 Å². The van der Waals surface area contributed by atoms with Crippen molar-refractivity contribution in [1.82, 2.24) is 0 Å². The summed E-state index contributed by atoms with van der Waals surface area (Å²) in [5.74, 6) is 0.973. The summed E-state index contributed by atoms with van der Waals surface area (Å²) in [6.07, 6.45) is 8.62. The van der Waals surface area contributed by atoms with Crippen molar-refractivity contribution in [3.63, 3.8) is 0 Å². The van der Waals surface area contributed by atoms with Gasteiger partial charge in [0.05, 0.1) is 17.3 Å². The molecular weight excluding hydrogens is 288 g/mol. The van der Waals surface area contributed by atoms with Crippen LogP contribution in [0.25, 0.3) is 0 Å². The van der Waals surface area contributed by atoms with Gasteiger partial charge >= 0.3 is 0 Å². The van der Waals surface area contributed by atoms with Gasteiger partial charge in [-0.25, -0.2) is 0 Å². The molecule has 2 unspecified atom stereocenters. The molecule has 3 heteroatoms. The molecule has 1 heterocycles. The number of fused-ring (bicyclic) bond motifs is 2. The highest BCUT2D eigenvalue weighted by molar-refractivity contribution is 5.95. The number of ether oxygens (including phenoxy) is 1. The minimum atomic E-state index is -0.945. The van der Waals surface area contributed by atoms with Crippen molar-refractivity contribution in [2.45, 2.75) is 77.1 Å². The number of rotatable bonds is 3. The van der Waals surface area contributed by atoms with Crippen molar-refractivity contribution in [3.8, 4) is 0 Å². The molecule has 0 aromatic carbocycles. The second kappa shape index (κ2) is 5.29. The predicted octanol–water partition coefficient (Wildman–Crippen LogP) is 3.81. The van der Waals surface area contributed by atoms with Crippen LogP contribution in [-0.4, -0.2) is 28.2 Å². The van der Waals surface area contributed by atoms with Gasteiger partial charge in [-0.1, -0.05) is 25.2 Å². The fourth-order valence-electron chi connectivity index (χ4n) is 4.56. The molecule has 1 saturated heterocycles. The van der Waals surface area contributed by atoms with Crippen LogP contribution in [0.1, 0.15) is 59.8 Å². The Morgan fingerprint density at radius 3 is 2.74 bits per heavy atom. The molecule has 0 aromatic rings. The molecule has 0 aromatic heterocycles. The van der Waals surface area contributed by atoms with Gasteiger partial charge < -0.3 is 9.84 Å². The zero-order chi connectivity index (χ0) is 17.0. The zero-order valence-corrected chi connectivity index (χ0v) is 14.9. The molecular formula is C20H30O3. The van der Waals surface area contributed by atoms with Gasteiger partial charge in [0, 0.05) is 5.41 Å². The monoisotopic (exact) mass is 318 g/mol. The van der Waals surface area contributed by atoms with Gasteiger partial charge in [-0.05, 0) is 70.8 Å². The summed E-state index contributed by atoms with van der Waals surface area (Å²) in [7, 11) is 0. The van der Waals surface area contributed by atoms with E-state index in [-0.39, 0.29) is 16.8 Å². The van der Waals surface area contributed by atoms with E-state index < -0.39 is 5.60 Å². The minimum absolute atomic E-state index is 0.0254. The van der Waals surface area contributed by atoms with Gasteiger partial charge in [0.2, 0.25) is 0 Å². The Morgan fingerprint density at radius 1 is 1.39 bits per heavy atom. The van der Waals surface area contributed by atoms with Gasteiger partial charge in [0.15, 0.2) is 5.78 Å². The highest BCUT2D eigenvalue weighted by atomic mass is 16.6. The van der Waals surface area contributed by atoms with Crippen LogP contribution in [0.15, 0.2) is 24.3 Å². The fourth-order valence-corrected chi connectivity index (χ4v) is 4.56. The number of hydrogen-bond acceptors (Lipinski definition) is 3. The highest BCUT2D eigenvalue weighted by Gasteiger charge is 2.58. The third-order valence-corrected chi connectivity index (χ3v) is 6.39. The molecule has 3 nitrogen and oxygen atoms in total. The molecule has 23 heavy (non-hydrogen) atoms. The Kier molecular flexibility index (Phi) is 3.89. The number of carbonyl (C=O) groups is 1. The van der Waals surface area contributed by atoms with Crippen molar-refractivity contribution < 1.29 is 14.6 Å². The van der Waals surface area contributed by atoms with Crippen LogP contribution < -0.4 is 0 Å². The Bertz CT molecular complexity index is 556. The first-order chi connectivity index (χ1) is 10.6. The lowest BCUT2D eigenvalue weighted by Crippen LogP contribution is -2.51. The van der Waals surface area contributed by atoms with E-state index >= 15 is 0 Å². The molecule has 3 rings (SSSR count). The third-order valence-electron chi connectivity index (χ3n) is 6.39. The molecule has 1 N–H and O–H groups in total. The summed E-state index contributed by atoms with van der Waals surface area (Å²) in [6.45, 7) is 12.0. The van der Waals surface area contributed by atoms with E-state index in [1.165, 1.54) is 5.57 Å². The third kappa shape index (κ3) is 3.06. The van der Waals surface area contributed by atoms with Gasteiger partial charge in [0.1, 0.15) is 0 Å². The van der Waals surface area contributed by atoms with Crippen LogP contribution in [0.3, 0.4) is 0 Å². The van der Waals surface area contributed by atoms with E-state index in [0.717, 1.165) is 32.1 Å². The molecule has 128 valence electrons. The quantitative estimate of drug-likeness (QED) is 0.489. The molecule has 3 fully saturated rings. The average molecular weight is 318 g/mol. The largest absolute Gasteiger partial charge is 0.386 e. The first kappa shape index (κ1) is 16.9. The Balaban J connectivity index is 1.76. The first-order valence-corrected chi connectivity index (χ1v) is 8.87. The number of epoxide rings is 1. The lowest BCUT2D eigenvalue weighted by atomic mass is 9.49. The topological polar surface area (TPSA) is 49.8 Å². The average Bonchev–Trinajstić information content (AvgIpc) is 3.08. The second-order valence-corrected chi connectivity index (χ2v) is 8.84. The maximum Gasteiger partial charge on any atom is 0.161 e. The lowest BCUT2D eigenvalue weighted by Gasteiger charge is -2.53. The number of carbonyl (C=O) groups excluding carboxylic acids is 1. The van der Waals surface area contributed by atoms with Gasteiger partial charge in [-0.15, -0.1) is 0 Å². The molecule has 0 amide bonds. The summed E-state index contributed by atoms with van der Waals surface area (Å²) in [5, 5.41) is 9.82. The molecule has 2 aliphatic carbocycles. The van der Waals surface area contributed by atoms with Crippen LogP contribution >= 0.6 is 0 Å². The second-order valence-electron chi connectivity index (χ2n) is 8.84. The number of hydrogen-bond donors (Lipinski definition) is 1. The predicted molar refractivity (Wildman–Crippen MR) is 91.0 cm³/mol. The van der Waals surface area contributed by atoms with Gasteiger partial charge in [0.25, 0.3) is 0 Å². The van der Waals surface area contributed by atoms with E-state index in [1.54, 1.807) is 26.0 Å². The highest BCUT2D eigenvalue weighted by Crippen LogP contribution is 2.60. The number of ketones is 1. The summed E-state index contributed by atoms with van der Waals surface area (Å²) in [6, 6.07) is 0. The Morgan fingerprint density at radius 2 is 2.09 bits per heavy atom. The lowest BCUT2D eigenvalue weighted by molar-refractivity contribution is -0.137. The SMILES string of the molecule is C=C1CCC2O[C@@]2(C)CCC2[C@H]1C[C@]2(C)C(=O)/C=C/C(C)(C)O. The van der Waals surface area contributed by atoms with E-state index in [0.29, 0.717) is 17.9 Å². The summed E-state index contributed by atoms with van der Waals surface area (Å²) < 4.78 is 5.88. The van der Waals surface area contributed by atoms with Crippen LogP contribution in [0.2, 0.25) is 0 Å². The molecule has 0 spiro atoms. The van der Waals surface area contributed by atoms with Gasteiger partial charge in [-0.2, -0.15) is 0 Å². The zero-order valence-electron chi connectivity index (χ0n) is 14.9. The summed E-state index contributed by atoms with van der Waals surface area (Å²) >= 11 is 0. The maximum absolute atomic E-state index is 12.8. The van der Waals surface area contributed by atoms with E-state index in [4.69, 9.17) is 4.74 Å².